The lowest BCUT2D eigenvalue weighted by atomic mass is 9.96. The quantitative estimate of drug-likeness (QED) is 0.923. The molecule has 0 spiro atoms. The standard InChI is InChI=1S/C14H21F3N2O/c1-10-7-12(20-13(10)8-18-2)9-19-5-3-11(4-6-19)14(15,16)17/h7,11,18H,3-6,8-9H2,1-2H3. The highest BCUT2D eigenvalue weighted by Crippen LogP contribution is 2.34. The lowest BCUT2D eigenvalue weighted by molar-refractivity contribution is -0.185. The third-order valence-corrected chi connectivity index (χ3v) is 3.84. The van der Waals surface area contributed by atoms with Gasteiger partial charge in [0.2, 0.25) is 0 Å². The number of nitrogens with one attached hydrogen (secondary N) is 1. The Bertz CT molecular complexity index is 434. The number of piperidine rings is 1. The topological polar surface area (TPSA) is 28.4 Å². The molecule has 2 heterocycles. The van der Waals surface area contributed by atoms with Crippen molar-refractivity contribution >= 4 is 0 Å². The summed E-state index contributed by atoms with van der Waals surface area (Å²) in [6.45, 7) is 4.20. The third kappa shape index (κ3) is 3.76. The van der Waals surface area contributed by atoms with Crippen molar-refractivity contribution in [1.82, 2.24) is 10.2 Å². The molecule has 0 atom stereocenters. The van der Waals surface area contributed by atoms with Crippen molar-refractivity contribution < 1.29 is 17.6 Å². The molecule has 0 amide bonds. The molecule has 1 N–H and O–H groups in total. The van der Waals surface area contributed by atoms with Gasteiger partial charge in [-0.3, -0.25) is 4.90 Å². The van der Waals surface area contributed by atoms with E-state index in [2.05, 4.69) is 5.32 Å². The maximum Gasteiger partial charge on any atom is 0.391 e. The summed E-state index contributed by atoms with van der Waals surface area (Å²) in [6.07, 6.45) is -3.67. The number of aryl methyl sites for hydroxylation is 1. The second-order valence-electron chi connectivity index (χ2n) is 5.44. The molecule has 0 unspecified atom stereocenters. The highest BCUT2D eigenvalue weighted by molar-refractivity contribution is 5.20. The van der Waals surface area contributed by atoms with Crippen LogP contribution in [0.1, 0.15) is 29.9 Å². The number of furan rings is 1. The summed E-state index contributed by atoms with van der Waals surface area (Å²) in [5.41, 5.74) is 1.08. The minimum atomic E-state index is -4.05. The summed E-state index contributed by atoms with van der Waals surface area (Å²) in [5, 5.41) is 3.03. The molecule has 0 bridgehead atoms. The number of hydrogen-bond donors (Lipinski definition) is 1. The SMILES string of the molecule is CNCc1oc(CN2CCC(C(F)(F)F)CC2)cc1C. The molecule has 1 fully saturated rings. The van der Waals surface area contributed by atoms with Gasteiger partial charge in [0, 0.05) is 0 Å². The fourth-order valence-electron chi connectivity index (χ4n) is 2.64. The van der Waals surface area contributed by atoms with Crippen LogP contribution in [0.2, 0.25) is 0 Å². The van der Waals surface area contributed by atoms with E-state index in [1.54, 1.807) is 0 Å². The van der Waals surface area contributed by atoms with E-state index in [-0.39, 0.29) is 12.8 Å². The van der Waals surface area contributed by atoms with Crippen LogP contribution in [-0.4, -0.2) is 31.2 Å². The van der Waals surface area contributed by atoms with Crippen molar-refractivity contribution in [3.63, 3.8) is 0 Å². The van der Waals surface area contributed by atoms with Gasteiger partial charge in [0.1, 0.15) is 11.5 Å². The molecule has 3 nitrogen and oxygen atoms in total. The molecule has 1 aromatic rings. The molecule has 1 aliphatic heterocycles. The Morgan fingerprint density at radius 3 is 2.55 bits per heavy atom. The number of rotatable bonds is 4. The van der Waals surface area contributed by atoms with Crippen LogP contribution in [0.25, 0.3) is 0 Å². The van der Waals surface area contributed by atoms with E-state index < -0.39 is 12.1 Å². The summed E-state index contributed by atoms with van der Waals surface area (Å²) in [4.78, 5) is 2.03. The molecular formula is C14H21F3N2O. The first-order chi connectivity index (χ1) is 9.40. The van der Waals surface area contributed by atoms with Crippen LogP contribution >= 0.6 is 0 Å². The van der Waals surface area contributed by atoms with Crippen molar-refractivity contribution in [2.75, 3.05) is 20.1 Å². The Labute approximate surface area is 117 Å². The van der Waals surface area contributed by atoms with Gasteiger partial charge in [0.05, 0.1) is 19.0 Å². The normalized spacial score (nSPS) is 18.6. The molecule has 1 aliphatic rings. The fourth-order valence-corrected chi connectivity index (χ4v) is 2.64. The van der Waals surface area contributed by atoms with Gasteiger partial charge >= 0.3 is 6.18 Å². The van der Waals surface area contributed by atoms with Gasteiger partial charge < -0.3 is 9.73 Å². The molecule has 114 valence electrons. The number of hydrogen-bond acceptors (Lipinski definition) is 3. The smallest absolute Gasteiger partial charge is 0.391 e. The average molecular weight is 290 g/mol. The first kappa shape index (κ1) is 15.4. The number of alkyl halides is 3. The monoisotopic (exact) mass is 290 g/mol. The Hall–Kier alpha value is -1.01. The Kier molecular flexibility index (Phi) is 4.75. The van der Waals surface area contributed by atoms with E-state index in [9.17, 15) is 13.2 Å². The molecular weight excluding hydrogens is 269 g/mol. The maximum absolute atomic E-state index is 12.6. The molecule has 0 saturated carbocycles. The number of nitrogens with zero attached hydrogens (tertiary/aromatic N) is 1. The van der Waals surface area contributed by atoms with Gasteiger partial charge in [-0.25, -0.2) is 0 Å². The van der Waals surface area contributed by atoms with Crippen LogP contribution in [0.4, 0.5) is 13.2 Å². The van der Waals surface area contributed by atoms with Crippen LogP contribution in [0.5, 0.6) is 0 Å². The van der Waals surface area contributed by atoms with E-state index in [4.69, 9.17) is 4.42 Å². The summed E-state index contributed by atoms with van der Waals surface area (Å²) >= 11 is 0. The Morgan fingerprint density at radius 1 is 1.35 bits per heavy atom. The molecule has 0 radical (unpaired) electrons. The molecule has 6 heteroatoms. The predicted molar refractivity (Wildman–Crippen MR) is 70.3 cm³/mol. The highest BCUT2D eigenvalue weighted by Gasteiger charge is 2.41. The lowest BCUT2D eigenvalue weighted by Gasteiger charge is -2.32. The van der Waals surface area contributed by atoms with E-state index in [1.165, 1.54) is 0 Å². The molecule has 20 heavy (non-hydrogen) atoms. The van der Waals surface area contributed by atoms with Crippen LogP contribution in [0.3, 0.4) is 0 Å². The third-order valence-electron chi connectivity index (χ3n) is 3.84. The van der Waals surface area contributed by atoms with Crippen molar-refractivity contribution in [3.8, 4) is 0 Å². The molecule has 0 aromatic carbocycles. The van der Waals surface area contributed by atoms with E-state index in [1.807, 2.05) is 24.9 Å². The van der Waals surface area contributed by atoms with Gasteiger partial charge in [0.15, 0.2) is 0 Å². The molecule has 1 saturated heterocycles. The Morgan fingerprint density at radius 2 is 2.00 bits per heavy atom. The minimum Gasteiger partial charge on any atom is -0.463 e. The zero-order valence-electron chi connectivity index (χ0n) is 11.9. The largest absolute Gasteiger partial charge is 0.463 e. The summed E-state index contributed by atoms with van der Waals surface area (Å²) in [6, 6.07) is 1.97. The van der Waals surface area contributed by atoms with Gasteiger partial charge in [-0.1, -0.05) is 0 Å². The second-order valence-corrected chi connectivity index (χ2v) is 5.44. The minimum absolute atomic E-state index is 0.187. The van der Waals surface area contributed by atoms with Crippen molar-refractivity contribution in [1.29, 1.82) is 0 Å². The van der Waals surface area contributed by atoms with Crippen LogP contribution < -0.4 is 5.32 Å². The summed E-state index contributed by atoms with van der Waals surface area (Å²) in [7, 11) is 1.85. The van der Waals surface area contributed by atoms with E-state index in [0.717, 1.165) is 17.1 Å². The van der Waals surface area contributed by atoms with Crippen LogP contribution in [0, 0.1) is 12.8 Å². The number of halogens is 3. The fraction of sp³-hybridized carbons (Fsp3) is 0.714. The molecule has 1 aromatic heterocycles. The van der Waals surface area contributed by atoms with E-state index >= 15 is 0 Å². The zero-order chi connectivity index (χ0) is 14.8. The first-order valence-corrected chi connectivity index (χ1v) is 6.92. The Balaban J connectivity index is 1.88. The summed E-state index contributed by atoms with van der Waals surface area (Å²) in [5.74, 6) is 0.586. The maximum atomic E-state index is 12.6. The summed E-state index contributed by atoms with van der Waals surface area (Å²) < 4.78 is 43.5. The number of likely N-dealkylation sites (tertiary alicyclic amines) is 1. The average Bonchev–Trinajstić information content (AvgIpc) is 2.70. The van der Waals surface area contributed by atoms with Crippen molar-refractivity contribution in [3.05, 3.63) is 23.2 Å². The predicted octanol–water partition coefficient (Wildman–Crippen LogP) is 3.08. The van der Waals surface area contributed by atoms with Gasteiger partial charge in [-0.2, -0.15) is 13.2 Å². The van der Waals surface area contributed by atoms with Gasteiger partial charge in [-0.05, 0) is 51.5 Å². The van der Waals surface area contributed by atoms with Crippen molar-refractivity contribution in [2.45, 2.75) is 39.0 Å². The lowest BCUT2D eigenvalue weighted by Crippen LogP contribution is -2.38. The highest BCUT2D eigenvalue weighted by atomic mass is 19.4. The van der Waals surface area contributed by atoms with Gasteiger partial charge in [-0.15, -0.1) is 0 Å². The second kappa shape index (κ2) is 6.18. The van der Waals surface area contributed by atoms with Crippen LogP contribution in [-0.2, 0) is 13.1 Å². The first-order valence-electron chi connectivity index (χ1n) is 6.92. The van der Waals surface area contributed by atoms with E-state index in [0.29, 0.717) is 26.2 Å². The van der Waals surface area contributed by atoms with Gasteiger partial charge in [0.25, 0.3) is 0 Å². The molecule has 0 aliphatic carbocycles. The van der Waals surface area contributed by atoms with Crippen LogP contribution in [0.15, 0.2) is 10.5 Å². The zero-order valence-corrected chi connectivity index (χ0v) is 11.9. The van der Waals surface area contributed by atoms with Crippen molar-refractivity contribution in [2.24, 2.45) is 5.92 Å². The molecule has 2 rings (SSSR count).